The Morgan fingerprint density at radius 1 is 1.38 bits per heavy atom. The zero-order chi connectivity index (χ0) is 15.6. The normalized spacial score (nSPS) is 21.0. The summed E-state index contributed by atoms with van der Waals surface area (Å²) in [6.07, 6.45) is 0. The zero-order valence-corrected chi connectivity index (χ0v) is 11.8. The van der Waals surface area contributed by atoms with Crippen LogP contribution in [-0.4, -0.2) is 60.4 Å². The van der Waals surface area contributed by atoms with Crippen LogP contribution in [0.25, 0.3) is 0 Å². The molecule has 2 rings (SSSR count). The number of hydrogen-bond acceptors (Lipinski definition) is 5. The van der Waals surface area contributed by atoms with Gasteiger partial charge in [0.05, 0.1) is 31.9 Å². The van der Waals surface area contributed by atoms with Gasteiger partial charge in [0.25, 0.3) is 5.91 Å². The Balaban J connectivity index is 2.25. The molecule has 1 aromatic carbocycles. The summed E-state index contributed by atoms with van der Waals surface area (Å²) in [4.78, 5) is 24.9. The smallest absolute Gasteiger partial charge is 0.311 e. The Kier molecular flexibility index (Phi) is 4.32. The van der Waals surface area contributed by atoms with E-state index in [1.165, 1.54) is 31.2 Å². The van der Waals surface area contributed by atoms with E-state index in [0.29, 0.717) is 0 Å². The fourth-order valence-corrected chi connectivity index (χ4v) is 2.36. The number of benzene rings is 1. The first-order valence-electron chi connectivity index (χ1n) is 6.41. The number of rotatable bonds is 4. The van der Waals surface area contributed by atoms with E-state index in [9.17, 15) is 14.7 Å². The number of carbonyl (C=O) groups is 2. The van der Waals surface area contributed by atoms with Crippen LogP contribution in [-0.2, 0) is 9.53 Å². The van der Waals surface area contributed by atoms with Gasteiger partial charge in [0.15, 0.2) is 11.5 Å². The summed E-state index contributed by atoms with van der Waals surface area (Å²) in [5, 5.41) is 19.1. The molecule has 0 spiro atoms. The molecule has 0 saturated carbocycles. The van der Waals surface area contributed by atoms with Crippen LogP contribution in [0.3, 0.4) is 0 Å². The minimum absolute atomic E-state index is 0.0629. The molecule has 1 aliphatic heterocycles. The van der Waals surface area contributed by atoms with Crippen molar-refractivity contribution in [1.82, 2.24) is 4.90 Å². The Bertz CT molecular complexity index is 558. The van der Waals surface area contributed by atoms with Gasteiger partial charge in [-0.15, -0.1) is 0 Å². The first kappa shape index (κ1) is 15.1. The van der Waals surface area contributed by atoms with Crippen molar-refractivity contribution >= 4 is 11.9 Å². The van der Waals surface area contributed by atoms with Crippen molar-refractivity contribution in [3.05, 3.63) is 23.8 Å². The molecule has 7 heteroatoms. The number of carboxylic acids is 1. The van der Waals surface area contributed by atoms with Gasteiger partial charge in [0.1, 0.15) is 5.92 Å². The average Bonchev–Trinajstić information content (AvgIpc) is 2.95. The van der Waals surface area contributed by atoms with Crippen LogP contribution >= 0.6 is 0 Å². The maximum absolute atomic E-state index is 12.5. The fraction of sp³-hybridized carbons (Fsp3) is 0.429. The van der Waals surface area contributed by atoms with Crippen LogP contribution < -0.4 is 4.74 Å². The molecular weight excluding hydrogens is 278 g/mol. The number of methoxy groups -OCH3 is 1. The minimum Gasteiger partial charge on any atom is -0.504 e. The van der Waals surface area contributed by atoms with Crippen LogP contribution in [0.15, 0.2) is 18.2 Å². The van der Waals surface area contributed by atoms with E-state index >= 15 is 0 Å². The van der Waals surface area contributed by atoms with Crippen molar-refractivity contribution in [1.29, 1.82) is 0 Å². The first-order valence-corrected chi connectivity index (χ1v) is 6.41. The Hall–Kier alpha value is -2.28. The zero-order valence-electron chi connectivity index (χ0n) is 11.8. The van der Waals surface area contributed by atoms with Crippen LogP contribution in [0.5, 0.6) is 11.5 Å². The predicted octanol–water partition coefficient (Wildman–Crippen LogP) is 0.572. The van der Waals surface area contributed by atoms with Crippen molar-refractivity contribution in [2.24, 2.45) is 5.92 Å². The van der Waals surface area contributed by atoms with Gasteiger partial charge in [-0.3, -0.25) is 9.59 Å². The largest absolute Gasteiger partial charge is 0.504 e. The number of aliphatic carboxylic acids is 1. The quantitative estimate of drug-likeness (QED) is 0.843. The number of para-hydroxylation sites is 1. The second-order valence-corrected chi connectivity index (χ2v) is 4.82. The summed E-state index contributed by atoms with van der Waals surface area (Å²) in [6, 6.07) is 4.01. The van der Waals surface area contributed by atoms with Crippen LogP contribution in [0, 0.1) is 5.92 Å². The summed E-state index contributed by atoms with van der Waals surface area (Å²) in [5.41, 5.74) is 0.0629. The standard InChI is InChI=1S/C14H17NO6/c1-15(10-7-21-6-9(10)14(18)19)13(17)8-4-3-5-11(20-2)12(8)16/h3-5,9-10,16H,6-7H2,1-2H3,(H,18,19). The molecule has 21 heavy (non-hydrogen) atoms. The van der Waals surface area contributed by atoms with Gasteiger partial charge in [-0.2, -0.15) is 0 Å². The summed E-state index contributed by atoms with van der Waals surface area (Å²) >= 11 is 0. The molecule has 0 aliphatic carbocycles. The highest BCUT2D eigenvalue weighted by molar-refractivity contribution is 5.98. The number of hydrogen-bond donors (Lipinski definition) is 2. The average molecular weight is 295 g/mol. The second-order valence-electron chi connectivity index (χ2n) is 4.82. The molecule has 1 fully saturated rings. The van der Waals surface area contributed by atoms with Gasteiger partial charge in [0.2, 0.25) is 0 Å². The van der Waals surface area contributed by atoms with E-state index < -0.39 is 23.8 Å². The molecule has 0 aromatic heterocycles. The highest BCUT2D eigenvalue weighted by atomic mass is 16.5. The van der Waals surface area contributed by atoms with Crippen molar-refractivity contribution in [2.75, 3.05) is 27.4 Å². The molecule has 7 nitrogen and oxygen atoms in total. The van der Waals surface area contributed by atoms with Gasteiger partial charge in [0, 0.05) is 7.05 Å². The van der Waals surface area contributed by atoms with E-state index in [1.807, 2.05) is 0 Å². The maximum atomic E-state index is 12.5. The summed E-state index contributed by atoms with van der Waals surface area (Å²) < 4.78 is 10.1. The van der Waals surface area contributed by atoms with Gasteiger partial charge < -0.3 is 24.6 Å². The Labute approximate surface area is 121 Å². The van der Waals surface area contributed by atoms with E-state index in [2.05, 4.69) is 0 Å². The monoisotopic (exact) mass is 295 g/mol. The lowest BCUT2D eigenvalue weighted by Crippen LogP contribution is -2.44. The summed E-state index contributed by atoms with van der Waals surface area (Å²) in [7, 11) is 2.88. The molecule has 0 radical (unpaired) electrons. The molecule has 2 N–H and O–H groups in total. The van der Waals surface area contributed by atoms with E-state index in [-0.39, 0.29) is 30.3 Å². The lowest BCUT2D eigenvalue weighted by molar-refractivity contribution is -0.142. The molecule has 1 amide bonds. The third kappa shape index (κ3) is 2.78. The number of likely N-dealkylation sites (N-methyl/N-ethyl adjacent to an activating group) is 1. The number of nitrogens with zero attached hydrogens (tertiary/aromatic N) is 1. The SMILES string of the molecule is COc1cccc(C(=O)N(C)C2COCC2C(=O)O)c1O. The van der Waals surface area contributed by atoms with E-state index in [1.54, 1.807) is 6.07 Å². The van der Waals surface area contributed by atoms with E-state index in [4.69, 9.17) is 14.6 Å². The highest BCUT2D eigenvalue weighted by Gasteiger charge is 2.39. The third-order valence-corrected chi connectivity index (χ3v) is 3.63. The second kappa shape index (κ2) is 6.01. The topological polar surface area (TPSA) is 96.3 Å². The molecule has 2 unspecified atom stereocenters. The van der Waals surface area contributed by atoms with Crippen LogP contribution in [0.1, 0.15) is 10.4 Å². The molecule has 1 heterocycles. The number of carbonyl (C=O) groups excluding carboxylic acids is 1. The number of aromatic hydroxyl groups is 1. The maximum Gasteiger partial charge on any atom is 0.311 e. The predicted molar refractivity (Wildman–Crippen MR) is 72.5 cm³/mol. The van der Waals surface area contributed by atoms with E-state index in [0.717, 1.165) is 0 Å². The minimum atomic E-state index is -1.01. The third-order valence-electron chi connectivity index (χ3n) is 3.63. The molecule has 114 valence electrons. The number of phenols is 1. The van der Waals surface area contributed by atoms with Crippen LogP contribution in [0.4, 0.5) is 0 Å². The summed E-state index contributed by atoms with van der Waals surface area (Å²) in [6.45, 7) is 0.228. The number of amides is 1. The molecule has 2 atom stereocenters. The van der Waals surface area contributed by atoms with Crippen molar-refractivity contribution < 1.29 is 29.3 Å². The van der Waals surface area contributed by atoms with Crippen LogP contribution in [0.2, 0.25) is 0 Å². The Morgan fingerprint density at radius 2 is 2.10 bits per heavy atom. The number of ether oxygens (including phenoxy) is 2. The lowest BCUT2D eigenvalue weighted by Gasteiger charge is -2.26. The Morgan fingerprint density at radius 3 is 2.71 bits per heavy atom. The lowest BCUT2D eigenvalue weighted by atomic mass is 10.0. The van der Waals surface area contributed by atoms with Crippen molar-refractivity contribution in [3.63, 3.8) is 0 Å². The molecule has 1 aromatic rings. The van der Waals surface area contributed by atoms with Crippen molar-refractivity contribution in [2.45, 2.75) is 6.04 Å². The molecular formula is C14H17NO6. The first-order chi connectivity index (χ1) is 9.97. The van der Waals surface area contributed by atoms with Gasteiger partial charge in [-0.25, -0.2) is 0 Å². The van der Waals surface area contributed by atoms with Gasteiger partial charge in [-0.05, 0) is 12.1 Å². The number of phenolic OH excluding ortho intramolecular Hbond substituents is 1. The molecule has 1 saturated heterocycles. The summed E-state index contributed by atoms with van der Waals surface area (Å²) in [5.74, 6) is -2.33. The van der Waals surface area contributed by atoms with Crippen molar-refractivity contribution in [3.8, 4) is 11.5 Å². The molecule has 0 bridgehead atoms. The fourth-order valence-electron chi connectivity index (χ4n) is 2.36. The van der Waals surface area contributed by atoms with Gasteiger partial charge >= 0.3 is 5.97 Å². The highest BCUT2D eigenvalue weighted by Crippen LogP contribution is 2.31. The van der Waals surface area contributed by atoms with Gasteiger partial charge in [-0.1, -0.05) is 6.07 Å². The number of carboxylic acid groups (broad SMARTS) is 1. The molecule has 1 aliphatic rings.